The number of rotatable bonds is 9. The Morgan fingerprint density at radius 3 is 2.57 bits per heavy atom. The Labute approximate surface area is 181 Å². The van der Waals surface area contributed by atoms with Crippen LogP contribution in [-0.4, -0.2) is 59.1 Å². The molecular weight excluding hydrogens is 400 g/mol. The van der Waals surface area contributed by atoms with E-state index in [-0.39, 0.29) is 0 Å². The maximum Gasteiger partial charge on any atom is 0.243 e. The van der Waals surface area contributed by atoms with E-state index < -0.39 is 10.0 Å². The van der Waals surface area contributed by atoms with E-state index in [1.54, 1.807) is 30.6 Å². The van der Waals surface area contributed by atoms with Gasteiger partial charge in [0.1, 0.15) is 0 Å². The van der Waals surface area contributed by atoms with Crippen molar-refractivity contribution in [1.29, 1.82) is 0 Å². The Bertz CT molecular complexity index is 815. The van der Waals surface area contributed by atoms with Gasteiger partial charge in [0.25, 0.3) is 0 Å². The second-order valence-corrected chi connectivity index (χ2v) is 10.4. The number of hydrogen-bond donors (Lipinski definition) is 2. The van der Waals surface area contributed by atoms with Gasteiger partial charge in [0.15, 0.2) is 5.96 Å². The first kappa shape index (κ1) is 23.0. The molecule has 2 aliphatic rings. The lowest BCUT2D eigenvalue weighted by Gasteiger charge is -2.42. The summed E-state index contributed by atoms with van der Waals surface area (Å²) in [6.07, 6.45) is 7.75. The monoisotopic (exact) mass is 436 g/mol. The number of aliphatic imine (C=N–C) groups is 1. The number of piperidine rings is 1. The Hall–Kier alpha value is -1.64. The highest BCUT2D eigenvalue weighted by Gasteiger charge is 2.36. The summed E-state index contributed by atoms with van der Waals surface area (Å²) in [7, 11) is 0.0939. The molecule has 0 atom stereocenters. The van der Waals surface area contributed by atoms with Gasteiger partial charge >= 0.3 is 0 Å². The van der Waals surface area contributed by atoms with Gasteiger partial charge in [-0.3, -0.25) is 4.99 Å². The van der Waals surface area contributed by atoms with Gasteiger partial charge in [-0.15, -0.1) is 0 Å². The standard InChI is InChI=1S/C22H36N4O3S/c1-23-21(25-18-22(10-7-11-22)12-15-29-2)24-17-19-8-6-9-20(16-19)30(27,28)26-13-4-3-5-14-26/h6,8-9,16H,3-5,7,10-15,17-18H2,1-2H3,(H2,23,24,25). The third-order valence-electron chi connectivity index (χ3n) is 6.42. The van der Waals surface area contributed by atoms with Crippen molar-refractivity contribution >= 4 is 16.0 Å². The van der Waals surface area contributed by atoms with Gasteiger partial charge in [0.2, 0.25) is 10.0 Å². The summed E-state index contributed by atoms with van der Waals surface area (Å²) in [4.78, 5) is 4.70. The fraction of sp³-hybridized carbons (Fsp3) is 0.682. The molecule has 1 aliphatic heterocycles. The molecule has 0 radical (unpaired) electrons. The number of nitrogens with zero attached hydrogens (tertiary/aromatic N) is 2. The van der Waals surface area contributed by atoms with Crippen LogP contribution in [0, 0.1) is 5.41 Å². The molecule has 0 amide bonds. The first-order valence-electron chi connectivity index (χ1n) is 11.0. The minimum atomic E-state index is -3.42. The molecule has 168 valence electrons. The van der Waals surface area contributed by atoms with E-state index in [2.05, 4.69) is 15.6 Å². The molecule has 30 heavy (non-hydrogen) atoms. The molecule has 8 heteroatoms. The van der Waals surface area contributed by atoms with Crippen molar-refractivity contribution in [3.63, 3.8) is 0 Å². The molecule has 1 saturated heterocycles. The van der Waals surface area contributed by atoms with Crippen molar-refractivity contribution in [2.75, 3.05) is 40.4 Å². The predicted octanol–water partition coefficient (Wildman–Crippen LogP) is 2.73. The fourth-order valence-corrected chi connectivity index (χ4v) is 5.85. The fourth-order valence-electron chi connectivity index (χ4n) is 4.26. The van der Waals surface area contributed by atoms with Crippen molar-refractivity contribution in [3.05, 3.63) is 29.8 Å². The largest absolute Gasteiger partial charge is 0.385 e. The average Bonchev–Trinajstić information content (AvgIpc) is 2.75. The van der Waals surface area contributed by atoms with Crippen LogP contribution in [0.4, 0.5) is 0 Å². The van der Waals surface area contributed by atoms with Crippen LogP contribution in [0.3, 0.4) is 0 Å². The molecule has 1 saturated carbocycles. The van der Waals surface area contributed by atoms with Gasteiger partial charge in [-0.05, 0) is 55.2 Å². The third kappa shape index (κ3) is 5.74. The maximum absolute atomic E-state index is 12.9. The van der Waals surface area contributed by atoms with Gasteiger partial charge in [0, 0.05) is 46.9 Å². The van der Waals surface area contributed by atoms with E-state index >= 15 is 0 Å². The van der Waals surface area contributed by atoms with Crippen molar-refractivity contribution in [2.45, 2.75) is 56.4 Å². The summed E-state index contributed by atoms with van der Waals surface area (Å²) < 4.78 is 32.7. The minimum Gasteiger partial charge on any atom is -0.385 e. The maximum atomic E-state index is 12.9. The quantitative estimate of drug-likeness (QED) is 0.459. The Kier molecular flexibility index (Phi) is 8.13. The van der Waals surface area contributed by atoms with E-state index in [1.807, 2.05) is 12.1 Å². The topological polar surface area (TPSA) is 83.0 Å². The Balaban J connectivity index is 1.56. The van der Waals surface area contributed by atoms with Crippen LogP contribution in [-0.2, 0) is 21.3 Å². The molecule has 7 nitrogen and oxygen atoms in total. The second-order valence-electron chi connectivity index (χ2n) is 8.49. The summed E-state index contributed by atoms with van der Waals surface area (Å²) in [6, 6.07) is 7.23. The molecule has 0 aromatic heterocycles. The Morgan fingerprint density at radius 2 is 1.93 bits per heavy atom. The highest BCUT2D eigenvalue weighted by Crippen LogP contribution is 2.43. The molecule has 2 N–H and O–H groups in total. The lowest BCUT2D eigenvalue weighted by molar-refractivity contribution is 0.0732. The zero-order valence-corrected chi connectivity index (χ0v) is 19.1. The lowest BCUT2D eigenvalue weighted by Crippen LogP contribution is -2.46. The highest BCUT2D eigenvalue weighted by molar-refractivity contribution is 7.89. The SMILES string of the molecule is CN=C(NCc1cccc(S(=O)(=O)N2CCCCC2)c1)NCC1(CCOC)CCC1. The Morgan fingerprint density at radius 1 is 1.17 bits per heavy atom. The molecule has 1 aromatic carbocycles. The van der Waals surface area contributed by atoms with Crippen molar-refractivity contribution in [2.24, 2.45) is 10.4 Å². The van der Waals surface area contributed by atoms with Gasteiger partial charge < -0.3 is 15.4 Å². The van der Waals surface area contributed by atoms with Gasteiger partial charge in [0.05, 0.1) is 4.90 Å². The molecule has 3 rings (SSSR count). The average molecular weight is 437 g/mol. The summed E-state index contributed by atoms with van der Waals surface area (Å²) in [5, 5.41) is 6.76. The van der Waals surface area contributed by atoms with E-state index in [4.69, 9.17) is 4.74 Å². The van der Waals surface area contributed by atoms with Crippen LogP contribution < -0.4 is 10.6 Å². The molecule has 0 unspecified atom stereocenters. The van der Waals surface area contributed by atoms with E-state index in [9.17, 15) is 8.42 Å². The summed E-state index contributed by atoms with van der Waals surface area (Å²) in [5.74, 6) is 0.739. The molecule has 0 bridgehead atoms. The van der Waals surface area contributed by atoms with E-state index in [0.29, 0.717) is 29.9 Å². The number of guanidine groups is 1. The smallest absolute Gasteiger partial charge is 0.243 e. The molecule has 2 fully saturated rings. The van der Waals surface area contributed by atoms with Crippen molar-refractivity contribution in [3.8, 4) is 0 Å². The van der Waals surface area contributed by atoms with Crippen LogP contribution in [0.2, 0.25) is 0 Å². The van der Waals surface area contributed by atoms with Gasteiger partial charge in [-0.2, -0.15) is 4.31 Å². The third-order valence-corrected chi connectivity index (χ3v) is 8.31. The number of hydrogen-bond acceptors (Lipinski definition) is 4. The zero-order chi connectivity index (χ0) is 21.5. The molecule has 1 aromatic rings. The minimum absolute atomic E-state index is 0.302. The normalized spacial score (nSPS) is 19.9. The van der Waals surface area contributed by atoms with Crippen LogP contribution in [0.25, 0.3) is 0 Å². The first-order valence-corrected chi connectivity index (χ1v) is 12.5. The van der Waals surface area contributed by atoms with Gasteiger partial charge in [-0.1, -0.05) is 25.0 Å². The van der Waals surface area contributed by atoms with Crippen LogP contribution in [0.15, 0.2) is 34.2 Å². The number of nitrogens with one attached hydrogen (secondary N) is 2. The van der Waals surface area contributed by atoms with Crippen molar-refractivity contribution in [1.82, 2.24) is 14.9 Å². The van der Waals surface area contributed by atoms with E-state index in [0.717, 1.165) is 50.4 Å². The van der Waals surface area contributed by atoms with E-state index in [1.165, 1.54) is 19.3 Å². The molecule has 1 aliphatic carbocycles. The highest BCUT2D eigenvalue weighted by atomic mass is 32.2. The second kappa shape index (κ2) is 10.6. The van der Waals surface area contributed by atoms with Crippen LogP contribution in [0.1, 0.15) is 50.5 Å². The predicted molar refractivity (Wildman–Crippen MR) is 120 cm³/mol. The van der Waals surface area contributed by atoms with Crippen LogP contribution >= 0.6 is 0 Å². The summed E-state index contributed by atoms with van der Waals surface area (Å²) >= 11 is 0. The van der Waals surface area contributed by atoms with Gasteiger partial charge in [-0.25, -0.2) is 8.42 Å². The summed E-state index contributed by atoms with van der Waals surface area (Å²) in [5.41, 5.74) is 1.23. The number of benzene rings is 1. The molecule has 1 heterocycles. The molecular formula is C22H36N4O3S. The number of methoxy groups -OCH3 is 1. The number of sulfonamides is 1. The molecule has 0 spiro atoms. The number of ether oxygens (including phenoxy) is 1. The lowest BCUT2D eigenvalue weighted by atomic mass is 9.67. The summed E-state index contributed by atoms with van der Waals surface area (Å²) in [6.45, 7) is 3.41. The zero-order valence-electron chi connectivity index (χ0n) is 18.3. The van der Waals surface area contributed by atoms with Crippen LogP contribution in [0.5, 0.6) is 0 Å². The van der Waals surface area contributed by atoms with Crippen molar-refractivity contribution < 1.29 is 13.2 Å². The first-order chi connectivity index (χ1) is 14.5.